The quantitative estimate of drug-likeness (QED) is 0.298. The highest BCUT2D eigenvalue weighted by molar-refractivity contribution is 14.0. The first-order chi connectivity index (χ1) is 12.2. The Balaban J connectivity index is 0.00000338. The molecule has 3 N–H and O–H groups in total. The van der Waals surface area contributed by atoms with Crippen LogP contribution in [0.25, 0.3) is 0 Å². The maximum absolute atomic E-state index is 11.7. The molecule has 0 aromatic heterocycles. The van der Waals surface area contributed by atoms with Gasteiger partial charge in [-0.15, -0.1) is 24.0 Å². The zero-order valence-corrected chi connectivity index (χ0v) is 18.9. The smallest absolute Gasteiger partial charge is 0.241 e. The van der Waals surface area contributed by atoms with E-state index >= 15 is 0 Å². The number of aliphatic imine (C=N–C) groups is 1. The van der Waals surface area contributed by atoms with Crippen LogP contribution in [0.5, 0.6) is 0 Å². The van der Waals surface area contributed by atoms with Crippen molar-refractivity contribution in [3.05, 3.63) is 0 Å². The van der Waals surface area contributed by atoms with Crippen molar-refractivity contribution in [2.75, 3.05) is 39.3 Å². The van der Waals surface area contributed by atoms with E-state index in [9.17, 15) is 4.79 Å². The van der Waals surface area contributed by atoms with Gasteiger partial charge in [0.05, 0.1) is 0 Å². The highest BCUT2D eigenvalue weighted by atomic mass is 127. The Labute approximate surface area is 176 Å². The first kappa shape index (κ1) is 23.5. The van der Waals surface area contributed by atoms with E-state index < -0.39 is 0 Å². The first-order valence-corrected chi connectivity index (χ1v) is 10.2. The Kier molecular flexibility index (Phi) is 11.5. The predicted octanol–water partition coefficient (Wildman–Crippen LogP) is 2.48. The average Bonchev–Trinajstić information content (AvgIpc) is 2.66. The predicted molar refractivity (Wildman–Crippen MR) is 119 cm³/mol. The fourth-order valence-electron chi connectivity index (χ4n) is 4.18. The molecule has 0 spiro atoms. The topological polar surface area (TPSA) is 68.8 Å². The van der Waals surface area contributed by atoms with Crippen LogP contribution in [0.1, 0.15) is 65.2 Å². The van der Waals surface area contributed by atoms with Gasteiger partial charge in [-0.25, -0.2) is 4.99 Å². The molecule has 1 aliphatic heterocycles. The lowest BCUT2D eigenvalue weighted by Gasteiger charge is -2.48. The highest BCUT2D eigenvalue weighted by Crippen LogP contribution is 2.35. The summed E-state index contributed by atoms with van der Waals surface area (Å²) in [7, 11) is 0. The SMILES string of the molecule is CCNC(=O)CN=C(NCC)NCC1(N2CCCCC2)CCCCC1.I. The molecular formula is C19H38IN5O. The third-order valence-electron chi connectivity index (χ3n) is 5.49. The number of likely N-dealkylation sites (N-methyl/N-ethyl adjacent to an activating group) is 1. The number of piperidine rings is 1. The third kappa shape index (κ3) is 7.21. The monoisotopic (exact) mass is 479 g/mol. The highest BCUT2D eigenvalue weighted by Gasteiger charge is 2.38. The van der Waals surface area contributed by atoms with Crippen LogP contribution in [0.15, 0.2) is 4.99 Å². The molecule has 1 saturated heterocycles. The number of halogens is 1. The number of carbonyl (C=O) groups is 1. The minimum absolute atomic E-state index is 0. The number of carbonyl (C=O) groups excluding carboxylic acids is 1. The third-order valence-corrected chi connectivity index (χ3v) is 5.49. The van der Waals surface area contributed by atoms with Gasteiger partial charge >= 0.3 is 0 Å². The molecule has 1 amide bonds. The molecule has 0 aromatic carbocycles. The largest absolute Gasteiger partial charge is 0.357 e. The molecule has 1 saturated carbocycles. The maximum Gasteiger partial charge on any atom is 0.241 e. The van der Waals surface area contributed by atoms with E-state index in [4.69, 9.17) is 0 Å². The summed E-state index contributed by atoms with van der Waals surface area (Å²) >= 11 is 0. The van der Waals surface area contributed by atoms with Gasteiger partial charge in [-0.2, -0.15) is 0 Å². The van der Waals surface area contributed by atoms with Crippen LogP contribution in [-0.2, 0) is 4.79 Å². The lowest BCUT2D eigenvalue weighted by Crippen LogP contribution is -2.59. The Morgan fingerprint density at radius 1 is 0.923 bits per heavy atom. The standard InChI is InChI=1S/C19H37N5O.HI/c1-3-20-17(25)15-22-18(21-4-2)23-16-19(11-7-5-8-12-19)24-13-9-6-10-14-24;/h3-16H2,1-2H3,(H,20,25)(H2,21,22,23);1H. The molecule has 0 aromatic rings. The Morgan fingerprint density at radius 2 is 1.54 bits per heavy atom. The van der Waals surface area contributed by atoms with E-state index in [1.54, 1.807) is 0 Å². The zero-order valence-electron chi connectivity index (χ0n) is 16.6. The number of likely N-dealkylation sites (tertiary alicyclic amines) is 1. The summed E-state index contributed by atoms with van der Waals surface area (Å²) in [5, 5.41) is 9.62. The molecule has 0 radical (unpaired) electrons. The van der Waals surface area contributed by atoms with Gasteiger partial charge in [0.15, 0.2) is 5.96 Å². The summed E-state index contributed by atoms with van der Waals surface area (Å²) in [4.78, 5) is 18.9. The van der Waals surface area contributed by atoms with Gasteiger partial charge in [0.2, 0.25) is 5.91 Å². The van der Waals surface area contributed by atoms with Crippen molar-refractivity contribution >= 4 is 35.8 Å². The van der Waals surface area contributed by atoms with E-state index in [2.05, 4.69) is 32.8 Å². The fourth-order valence-corrected chi connectivity index (χ4v) is 4.18. The van der Waals surface area contributed by atoms with Gasteiger partial charge in [0.1, 0.15) is 6.54 Å². The van der Waals surface area contributed by atoms with Gasteiger partial charge < -0.3 is 16.0 Å². The molecule has 7 heteroatoms. The van der Waals surface area contributed by atoms with Crippen LogP contribution in [0.4, 0.5) is 0 Å². The van der Waals surface area contributed by atoms with Crippen LogP contribution in [0, 0.1) is 0 Å². The van der Waals surface area contributed by atoms with Crippen LogP contribution in [-0.4, -0.2) is 61.6 Å². The van der Waals surface area contributed by atoms with Crippen molar-refractivity contribution in [3.63, 3.8) is 0 Å². The minimum Gasteiger partial charge on any atom is -0.357 e. The summed E-state index contributed by atoms with van der Waals surface area (Å²) in [5.41, 5.74) is 0.264. The van der Waals surface area contributed by atoms with E-state index in [0.717, 1.165) is 19.0 Å². The number of amides is 1. The van der Waals surface area contributed by atoms with Crippen molar-refractivity contribution in [2.45, 2.75) is 70.8 Å². The summed E-state index contributed by atoms with van der Waals surface area (Å²) in [5.74, 6) is 0.735. The molecule has 0 atom stereocenters. The van der Waals surface area contributed by atoms with Crippen molar-refractivity contribution in [3.8, 4) is 0 Å². The molecular weight excluding hydrogens is 441 g/mol. The molecule has 26 heavy (non-hydrogen) atoms. The Bertz CT molecular complexity index is 432. The number of nitrogens with zero attached hydrogens (tertiary/aromatic N) is 2. The van der Waals surface area contributed by atoms with Gasteiger partial charge in [-0.3, -0.25) is 9.69 Å². The first-order valence-electron chi connectivity index (χ1n) is 10.2. The second kappa shape index (κ2) is 12.8. The van der Waals surface area contributed by atoms with E-state index in [1.165, 1.54) is 64.5 Å². The van der Waals surface area contributed by atoms with Crippen LogP contribution < -0.4 is 16.0 Å². The number of rotatable bonds is 7. The van der Waals surface area contributed by atoms with E-state index in [1.807, 2.05) is 6.92 Å². The molecule has 2 aliphatic rings. The number of guanidine groups is 1. The van der Waals surface area contributed by atoms with Gasteiger partial charge in [0.25, 0.3) is 0 Å². The van der Waals surface area contributed by atoms with Crippen molar-refractivity contribution in [2.24, 2.45) is 4.99 Å². The van der Waals surface area contributed by atoms with Crippen molar-refractivity contribution in [1.29, 1.82) is 0 Å². The molecule has 1 aliphatic carbocycles. The molecule has 6 nitrogen and oxygen atoms in total. The van der Waals surface area contributed by atoms with Crippen LogP contribution in [0.3, 0.4) is 0 Å². The molecule has 2 rings (SSSR count). The summed E-state index contributed by atoms with van der Waals surface area (Å²) in [6.45, 7) is 9.01. The molecule has 0 unspecified atom stereocenters. The summed E-state index contributed by atoms with van der Waals surface area (Å²) in [6, 6.07) is 0. The molecule has 2 fully saturated rings. The number of nitrogens with one attached hydrogen (secondary N) is 3. The normalized spacial score (nSPS) is 20.8. The maximum atomic E-state index is 11.7. The van der Waals surface area contributed by atoms with Crippen molar-refractivity contribution in [1.82, 2.24) is 20.9 Å². The molecule has 1 heterocycles. The van der Waals surface area contributed by atoms with E-state index in [0.29, 0.717) is 6.54 Å². The van der Waals surface area contributed by atoms with Gasteiger partial charge in [0, 0.05) is 25.2 Å². The lowest BCUT2D eigenvalue weighted by atomic mass is 9.79. The Hall–Kier alpha value is -0.570. The fraction of sp³-hybridized carbons (Fsp3) is 0.895. The van der Waals surface area contributed by atoms with Crippen LogP contribution >= 0.6 is 24.0 Å². The Morgan fingerprint density at radius 3 is 2.15 bits per heavy atom. The average molecular weight is 479 g/mol. The minimum atomic E-state index is -0.0249. The molecule has 0 bridgehead atoms. The number of hydrogen-bond acceptors (Lipinski definition) is 3. The zero-order chi connectivity index (χ0) is 18.0. The second-order valence-electron chi connectivity index (χ2n) is 7.33. The van der Waals surface area contributed by atoms with Crippen molar-refractivity contribution < 1.29 is 4.79 Å². The van der Waals surface area contributed by atoms with Crippen LogP contribution in [0.2, 0.25) is 0 Å². The molecule has 152 valence electrons. The lowest BCUT2D eigenvalue weighted by molar-refractivity contribution is -0.119. The van der Waals surface area contributed by atoms with Gasteiger partial charge in [-0.1, -0.05) is 25.7 Å². The van der Waals surface area contributed by atoms with E-state index in [-0.39, 0.29) is 42.0 Å². The summed E-state index contributed by atoms with van der Waals surface area (Å²) in [6.07, 6.45) is 10.6. The number of hydrogen-bond donors (Lipinski definition) is 3. The second-order valence-corrected chi connectivity index (χ2v) is 7.33. The van der Waals surface area contributed by atoms with Gasteiger partial charge in [-0.05, 0) is 52.6 Å². The summed E-state index contributed by atoms with van der Waals surface area (Å²) < 4.78 is 0.